The number of hydrogen-bond acceptors (Lipinski definition) is 4. The Morgan fingerprint density at radius 3 is 2.34 bits per heavy atom. The van der Waals surface area contributed by atoms with E-state index in [-0.39, 0.29) is 6.04 Å². The topological polar surface area (TPSA) is 57.2 Å². The molecule has 0 saturated carbocycles. The van der Waals surface area contributed by atoms with Crippen molar-refractivity contribution >= 4 is 5.71 Å². The van der Waals surface area contributed by atoms with E-state index in [1.54, 1.807) is 0 Å². The average Bonchev–Trinajstić information content (AvgIpc) is 3.25. The maximum atomic E-state index is 10.1. The van der Waals surface area contributed by atoms with Crippen LogP contribution < -0.4 is 0 Å². The first-order chi connectivity index (χ1) is 14.1. The summed E-state index contributed by atoms with van der Waals surface area (Å²) in [6.07, 6.45) is 0.832. The van der Waals surface area contributed by atoms with Crippen LogP contribution >= 0.6 is 0 Å². The predicted molar refractivity (Wildman–Crippen MR) is 114 cm³/mol. The van der Waals surface area contributed by atoms with Crippen LogP contribution in [-0.4, -0.2) is 20.5 Å². The van der Waals surface area contributed by atoms with E-state index in [4.69, 9.17) is 10.2 Å². The Balaban J connectivity index is 1.70. The van der Waals surface area contributed by atoms with E-state index in [1.807, 2.05) is 66.9 Å². The van der Waals surface area contributed by atoms with Crippen LogP contribution in [0, 0.1) is 25.2 Å². The highest BCUT2D eigenvalue weighted by Crippen LogP contribution is 2.39. The predicted octanol–water partition coefficient (Wildman–Crippen LogP) is 4.94. The molecule has 0 amide bonds. The van der Waals surface area contributed by atoms with Gasteiger partial charge < -0.3 is 0 Å². The molecule has 0 aliphatic carbocycles. The molecule has 5 heteroatoms. The van der Waals surface area contributed by atoms with Crippen LogP contribution in [-0.2, 0) is 6.54 Å². The summed E-state index contributed by atoms with van der Waals surface area (Å²) >= 11 is 0. The van der Waals surface area contributed by atoms with Crippen molar-refractivity contribution in [2.75, 3.05) is 0 Å². The summed E-state index contributed by atoms with van der Waals surface area (Å²) in [6.45, 7) is 6.75. The number of benzene rings is 2. The normalized spacial score (nSPS) is 17.1. The van der Waals surface area contributed by atoms with Crippen molar-refractivity contribution in [1.29, 1.82) is 5.26 Å². The van der Waals surface area contributed by atoms with Crippen LogP contribution in [0.4, 0.5) is 0 Å². The Morgan fingerprint density at radius 1 is 1.03 bits per heavy atom. The fourth-order valence-electron chi connectivity index (χ4n) is 4.14. The highest BCUT2D eigenvalue weighted by molar-refractivity contribution is 5.84. The Morgan fingerprint density at radius 2 is 1.69 bits per heavy atom. The molecule has 1 aliphatic heterocycles. The summed E-state index contributed by atoms with van der Waals surface area (Å²) in [5.41, 5.74) is 6.28. The third-order valence-electron chi connectivity index (χ3n) is 5.55. The van der Waals surface area contributed by atoms with Crippen molar-refractivity contribution in [2.45, 2.75) is 45.8 Å². The zero-order chi connectivity index (χ0) is 20.4. The first-order valence-electron chi connectivity index (χ1n) is 9.93. The van der Waals surface area contributed by atoms with E-state index in [0.29, 0.717) is 6.54 Å². The second-order valence-corrected chi connectivity index (χ2v) is 7.61. The van der Waals surface area contributed by atoms with Gasteiger partial charge in [-0.25, -0.2) is 0 Å². The molecule has 0 radical (unpaired) electrons. The third-order valence-corrected chi connectivity index (χ3v) is 5.55. The van der Waals surface area contributed by atoms with E-state index < -0.39 is 6.04 Å². The SMILES string of the molecule is CC1=NN([C@H](C#N)c2c(C)nn(Cc3ccccc3)c2C)[C@H](c2ccccc2)C1. The minimum absolute atomic E-state index is 0.0668. The summed E-state index contributed by atoms with van der Waals surface area (Å²) in [5, 5.41) is 21.6. The monoisotopic (exact) mass is 383 g/mol. The molecule has 146 valence electrons. The van der Waals surface area contributed by atoms with Crippen molar-refractivity contribution < 1.29 is 0 Å². The number of aryl methyl sites for hydroxylation is 1. The summed E-state index contributed by atoms with van der Waals surface area (Å²) in [7, 11) is 0. The van der Waals surface area contributed by atoms with Gasteiger partial charge in [-0.15, -0.1) is 0 Å². The number of nitriles is 1. The Kier molecular flexibility index (Phi) is 5.18. The largest absolute Gasteiger partial charge is 0.267 e. The lowest BCUT2D eigenvalue weighted by Crippen LogP contribution is -2.25. The molecule has 2 heterocycles. The van der Waals surface area contributed by atoms with Crippen molar-refractivity contribution in [2.24, 2.45) is 5.10 Å². The molecular formula is C24H25N5. The van der Waals surface area contributed by atoms with Crippen molar-refractivity contribution in [1.82, 2.24) is 14.8 Å². The molecule has 3 aromatic rings. The van der Waals surface area contributed by atoms with Crippen LogP contribution in [0.2, 0.25) is 0 Å². The summed E-state index contributed by atoms with van der Waals surface area (Å²) < 4.78 is 1.99. The smallest absolute Gasteiger partial charge is 0.162 e. The molecule has 0 saturated heterocycles. The molecule has 0 spiro atoms. The Labute approximate surface area is 171 Å². The first kappa shape index (κ1) is 18.9. The molecule has 2 atom stereocenters. The van der Waals surface area contributed by atoms with Gasteiger partial charge in [0.1, 0.15) is 0 Å². The fourth-order valence-corrected chi connectivity index (χ4v) is 4.14. The van der Waals surface area contributed by atoms with Crippen LogP contribution in [0.15, 0.2) is 65.8 Å². The molecule has 1 aliphatic rings. The van der Waals surface area contributed by atoms with E-state index >= 15 is 0 Å². The van der Waals surface area contributed by atoms with Gasteiger partial charge in [0.25, 0.3) is 0 Å². The second-order valence-electron chi connectivity index (χ2n) is 7.61. The molecule has 1 aromatic heterocycles. The van der Waals surface area contributed by atoms with E-state index in [0.717, 1.165) is 29.1 Å². The molecule has 0 bridgehead atoms. The van der Waals surface area contributed by atoms with Crippen molar-refractivity contribution in [3.63, 3.8) is 0 Å². The first-order valence-corrected chi connectivity index (χ1v) is 9.93. The molecule has 29 heavy (non-hydrogen) atoms. The van der Waals surface area contributed by atoms with Gasteiger partial charge >= 0.3 is 0 Å². The van der Waals surface area contributed by atoms with Gasteiger partial charge in [0.15, 0.2) is 6.04 Å². The Bertz CT molecular complexity index is 1060. The van der Waals surface area contributed by atoms with Gasteiger partial charge in [0.2, 0.25) is 0 Å². The van der Waals surface area contributed by atoms with Gasteiger partial charge in [-0.2, -0.15) is 15.5 Å². The molecule has 5 nitrogen and oxygen atoms in total. The lowest BCUT2D eigenvalue weighted by Gasteiger charge is -2.28. The van der Waals surface area contributed by atoms with Gasteiger partial charge in [-0.1, -0.05) is 60.7 Å². The summed E-state index contributed by atoms with van der Waals surface area (Å²) in [6, 6.07) is 22.7. The lowest BCUT2D eigenvalue weighted by atomic mass is 9.98. The molecular weight excluding hydrogens is 358 g/mol. The summed E-state index contributed by atoms with van der Waals surface area (Å²) in [5.74, 6) is 0. The minimum Gasteiger partial charge on any atom is -0.267 e. The maximum absolute atomic E-state index is 10.1. The standard InChI is InChI=1S/C24H25N5/c1-17-14-22(21-12-8-5-9-13-21)29(26-17)23(15-25)24-18(2)27-28(19(24)3)16-20-10-6-4-7-11-20/h4-13,22-23H,14,16H2,1-3H3/t22-,23+/m0/s1. The number of hydrazone groups is 1. The Hall–Kier alpha value is -3.39. The molecule has 2 aromatic carbocycles. The average molecular weight is 383 g/mol. The highest BCUT2D eigenvalue weighted by atomic mass is 15.5. The van der Waals surface area contributed by atoms with Gasteiger partial charge in [0, 0.05) is 23.4 Å². The maximum Gasteiger partial charge on any atom is 0.162 e. The molecule has 0 fully saturated rings. The van der Waals surface area contributed by atoms with E-state index in [1.165, 1.54) is 11.1 Å². The number of aromatic nitrogens is 2. The quantitative estimate of drug-likeness (QED) is 0.627. The number of rotatable bonds is 5. The van der Waals surface area contributed by atoms with Gasteiger partial charge in [-0.05, 0) is 31.9 Å². The van der Waals surface area contributed by atoms with Gasteiger partial charge in [-0.3, -0.25) is 9.69 Å². The minimum atomic E-state index is -0.470. The third kappa shape index (κ3) is 3.66. The number of nitrogens with zero attached hydrogens (tertiary/aromatic N) is 5. The lowest BCUT2D eigenvalue weighted by molar-refractivity contribution is 0.195. The molecule has 0 N–H and O–H groups in total. The van der Waals surface area contributed by atoms with Crippen LogP contribution in [0.25, 0.3) is 0 Å². The number of hydrogen-bond donors (Lipinski definition) is 0. The van der Waals surface area contributed by atoms with Crippen LogP contribution in [0.5, 0.6) is 0 Å². The zero-order valence-electron chi connectivity index (χ0n) is 17.1. The molecule has 4 rings (SSSR count). The summed E-state index contributed by atoms with van der Waals surface area (Å²) in [4.78, 5) is 0. The van der Waals surface area contributed by atoms with Crippen molar-refractivity contribution in [3.8, 4) is 6.07 Å². The van der Waals surface area contributed by atoms with E-state index in [9.17, 15) is 5.26 Å². The molecule has 0 unspecified atom stereocenters. The van der Waals surface area contributed by atoms with Gasteiger partial charge in [0.05, 0.1) is 24.3 Å². The van der Waals surface area contributed by atoms with E-state index in [2.05, 4.69) is 30.3 Å². The highest BCUT2D eigenvalue weighted by Gasteiger charge is 2.35. The second kappa shape index (κ2) is 7.92. The van der Waals surface area contributed by atoms with Crippen LogP contribution in [0.1, 0.15) is 53.5 Å². The van der Waals surface area contributed by atoms with Crippen molar-refractivity contribution in [3.05, 3.63) is 88.7 Å². The van der Waals surface area contributed by atoms with Crippen LogP contribution in [0.3, 0.4) is 0 Å². The fraction of sp³-hybridized carbons (Fsp3) is 0.292. The zero-order valence-corrected chi connectivity index (χ0v) is 17.1.